The van der Waals surface area contributed by atoms with Crippen LogP contribution in [0.3, 0.4) is 0 Å². The lowest BCUT2D eigenvalue weighted by Crippen LogP contribution is -2.49. The molecule has 2 heterocycles. The van der Waals surface area contributed by atoms with Gasteiger partial charge in [0.2, 0.25) is 5.75 Å². The third-order valence-electron chi connectivity index (χ3n) is 4.58. The van der Waals surface area contributed by atoms with Crippen molar-refractivity contribution in [2.75, 3.05) is 33.9 Å². The molecule has 1 aliphatic rings. The molecule has 29 heavy (non-hydrogen) atoms. The van der Waals surface area contributed by atoms with E-state index in [-0.39, 0.29) is 47.2 Å². The molecule has 1 saturated heterocycles. The van der Waals surface area contributed by atoms with E-state index in [0.717, 1.165) is 5.82 Å². The number of ether oxygens (including phenoxy) is 3. The van der Waals surface area contributed by atoms with Crippen molar-refractivity contribution < 1.29 is 27.8 Å². The molecule has 0 aliphatic carbocycles. The maximum absolute atomic E-state index is 13.2. The van der Waals surface area contributed by atoms with E-state index in [1.54, 1.807) is 11.1 Å². The maximum atomic E-state index is 13.2. The Hall–Kier alpha value is -2.59. The number of imidazole rings is 1. The lowest BCUT2D eigenvalue weighted by Gasteiger charge is -2.36. The molecule has 1 unspecified atom stereocenters. The van der Waals surface area contributed by atoms with Gasteiger partial charge in [-0.25, -0.2) is 4.98 Å². The zero-order valence-electron chi connectivity index (χ0n) is 16.2. The van der Waals surface area contributed by atoms with Gasteiger partial charge in [0.1, 0.15) is 11.9 Å². The van der Waals surface area contributed by atoms with Crippen molar-refractivity contribution in [3.8, 4) is 17.2 Å². The number of nitrogens with one attached hydrogen (secondary N) is 1. The summed E-state index contributed by atoms with van der Waals surface area (Å²) in [6, 6.07) is 2.48. The average molecular weight is 433 g/mol. The van der Waals surface area contributed by atoms with Crippen LogP contribution in [0.4, 0.5) is 8.78 Å². The number of amides is 1. The molecule has 1 N–H and O–H groups in total. The summed E-state index contributed by atoms with van der Waals surface area (Å²) in [6.45, 7) is -1.40. The van der Waals surface area contributed by atoms with Crippen molar-refractivity contribution in [3.05, 3.63) is 35.9 Å². The van der Waals surface area contributed by atoms with E-state index in [1.807, 2.05) is 17.8 Å². The molecule has 1 amide bonds. The van der Waals surface area contributed by atoms with Crippen LogP contribution in [0.5, 0.6) is 17.2 Å². The zero-order valence-corrected chi connectivity index (χ0v) is 17.0. The minimum Gasteiger partial charge on any atom is -0.493 e. The summed E-state index contributed by atoms with van der Waals surface area (Å²) in [6.07, 6.45) is 3.49. The van der Waals surface area contributed by atoms with Crippen molar-refractivity contribution >= 4 is 18.3 Å². The number of piperazine rings is 1. The number of aryl methyl sites for hydroxylation is 1. The highest BCUT2D eigenvalue weighted by atomic mass is 35.5. The van der Waals surface area contributed by atoms with Gasteiger partial charge in [0.25, 0.3) is 5.91 Å². The van der Waals surface area contributed by atoms with Gasteiger partial charge in [0.15, 0.2) is 11.5 Å². The highest BCUT2D eigenvalue weighted by molar-refractivity contribution is 5.96. The van der Waals surface area contributed by atoms with Crippen LogP contribution in [0.2, 0.25) is 0 Å². The summed E-state index contributed by atoms with van der Waals surface area (Å²) in [5, 5.41) is 3.26. The Bertz CT molecular complexity index is 824. The van der Waals surface area contributed by atoms with Gasteiger partial charge < -0.3 is 29.0 Å². The lowest BCUT2D eigenvalue weighted by atomic mass is 10.1. The first-order valence-electron chi connectivity index (χ1n) is 8.66. The maximum Gasteiger partial charge on any atom is 0.387 e. The Morgan fingerprint density at radius 2 is 1.93 bits per heavy atom. The molecule has 0 spiro atoms. The van der Waals surface area contributed by atoms with Gasteiger partial charge in [-0.2, -0.15) is 8.78 Å². The van der Waals surface area contributed by atoms with E-state index < -0.39 is 6.61 Å². The highest BCUT2D eigenvalue weighted by Crippen LogP contribution is 2.40. The molecule has 0 radical (unpaired) electrons. The summed E-state index contributed by atoms with van der Waals surface area (Å²) in [5.41, 5.74) is 0.247. The van der Waals surface area contributed by atoms with Crippen LogP contribution in [-0.2, 0) is 7.05 Å². The van der Waals surface area contributed by atoms with Gasteiger partial charge in [-0.05, 0) is 12.1 Å². The van der Waals surface area contributed by atoms with Crippen LogP contribution in [0, 0.1) is 0 Å². The summed E-state index contributed by atoms with van der Waals surface area (Å²) >= 11 is 0. The smallest absolute Gasteiger partial charge is 0.387 e. The SMILES string of the molecule is COc1cc(C(=O)N2CCNCC2c2nccn2C)cc(OC)c1OC(F)F.Cl. The molecule has 8 nitrogen and oxygen atoms in total. The lowest BCUT2D eigenvalue weighted by molar-refractivity contribution is -0.0526. The molecule has 11 heteroatoms. The Morgan fingerprint density at radius 1 is 1.28 bits per heavy atom. The fourth-order valence-electron chi connectivity index (χ4n) is 3.25. The molecule has 3 rings (SSSR count). The fourth-order valence-corrected chi connectivity index (χ4v) is 3.25. The third kappa shape index (κ3) is 4.70. The number of hydrogen-bond acceptors (Lipinski definition) is 6. The molecule has 160 valence electrons. The second kappa shape index (κ2) is 9.75. The average Bonchev–Trinajstić information content (AvgIpc) is 3.12. The number of alkyl halides is 2. The van der Waals surface area contributed by atoms with Gasteiger partial charge in [0.05, 0.1) is 14.2 Å². The Balaban J connectivity index is 0.00000300. The van der Waals surface area contributed by atoms with E-state index in [1.165, 1.54) is 26.4 Å². The number of hydrogen-bond donors (Lipinski definition) is 1. The van der Waals surface area contributed by atoms with Gasteiger partial charge in [-0.15, -0.1) is 12.4 Å². The van der Waals surface area contributed by atoms with Crippen molar-refractivity contribution in [3.63, 3.8) is 0 Å². The minimum atomic E-state index is -3.05. The Morgan fingerprint density at radius 3 is 2.45 bits per heavy atom. The number of nitrogens with zero attached hydrogens (tertiary/aromatic N) is 3. The molecular weight excluding hydrogens is 410 g/mol. The first-order valence-corrected chi connectivity index (χ1v) is 8.66. The van der Waals surface area contributed by atoms with E-state index in [4.69, 9.17) is 9.47 Å². The van der Waals surface area contributed by atoms with Gasteiger partial charge in [-0.3, -0.25) is 4.79 Å². The quantitative estimate of drug-likeness (QED) is 0.754. The number of carbonyl (C=O) groups excluding carboxylic acids is 1. The fraction of sp³-hybridized carbons (Fsp3) is 0.444. The number of aromatic nitrogens is 2. The molecule has 1 aliphatic heterocycles. The monoisotopic (exact) mass is 432 g/mol. The summed E-state index contributed by atoms with van der Waals surface area (Å²) in [7, 11) is 4.48. The molecular formula is C18H23ClF2N4O4. The molecule has 0 bridgehead atoms. The van der Waals surface area contributed by atoms with E-state index in [9.17, 15) is 13.6 Å². The predicted molar refractivity (Wildman–Crippen MR) is 103 cm³/mol. The van der Waals surface area contributed by atoms with Gasteiger partial charge in [-0.1, -0.05) is 0 Å². The second-order valence-corrected chi connectivity index (χ2v) is 6.20. The molecule has 1 atom stereocenters. The van der Waals surface area contributed by atoms with Crippen molar-refractivity contribution in [1.82, 2.24) is 19.8 Å². The normalized spacial score (nSPS) is 16.3. The van der Waals surface area contributed by atoms with Crippen molar-refractivity contribution in [1.29, 1.82) is 0 Å². The highest BCUT2D eigenvalue weighted by Gasteiger charge is 2.32. The summed E-state index contributed by atoms with van der Waals surface area (Å²) in [4.78, 5) is 19.3. The molecule has 1 fully saturated rings. The Labute approximate surface area is 173 Å². The number of benzene rings is 1. The zero-order chi connectivity index (χ0) is 20.3. The standard InChI is InChI=1S/C18H22F2N4O4.ClH/c1-23-6-5-22-16(23)12-10-21-4-7-24(12)17(25)11-8-13(26-2)15(28-18(19)20)14(9-11)27-3;/h5-6,8-9,12,18,21H,4,7,10H2,1-3H3;1H. The van der Waals surface area contributed by atoms with Gasteiger partial charge >= 0.3 is 6.61 Å². The van der Waals surface area contributed by atoms with Crippen LogP contribution in [0.1, 0.15) is 22.2 Å². The molecule has 1 aromatic carbocycles. The molecule has 1 aromatic heterocycles. The third-order valence-corrected chi connectivity index (χ3v) is 4.58. The predicted octanol–water partition coefficient (Wildman–Crippen LogP) is 2.25. The first-order chi connectivity index (χ1) is 13.5. The first kappa shape index (κ1) is 22.7. The van der Waals surface area contributed by atoms with Crippen LogP contribution in [-0.4, -0.2) is 60.8 Å². The second-order valence-electron chi connectivity index (χ2n) is 6.20. The summed E-state index contributed by atoms with van der Waals surface area (Å²) < 4.78 is 42.1. The van der Waals surface area contributed by atoms with Gasteiger partial charge in [0, 0.05) is 44.6 Å². The van der Waals surface area contributed by atoms with E-state index in [0.29, 0.717) is 19.6 Å². The number of carbonyl (C=O) groups is 1. The topological polar surface area (TPSA) is 77.9 Å². The van der Waals surface area contributed by atoms with Crippen molar-refractivity contribution in [2.24, 2.45) is 7.05 Å². The minimum absolute atomic E-state index is 0. The Kier molecular flexibility index (Phi) is 7.63. The number of rotatable bonds is 6. The van der Waals surface area contributed by atoms with E-state index >= 15 is 0 Å². The number of methoxy groups -OCH3 is 2. The van der Waals surface area contributed by atoms with Crippen molar-refractivity contribution in [2.45, 2.75) is 12.7 Å². The van der Waals surface area contributed by atoms with Crippen LogP contribution >= 0.6 is 12.4 Å². The van der Waals surface area contributed by atoms with Crippen LogP contribution in [0.15, 0.2) is 24.5 Å². The summed E-state index contributed by atoms with van der Waals surface area (Å²) in [5.74, 6) is 0.197. The molecule has 0 saturated carbocycles. The van der Waals surface area contributed by atoms with Crippen LogP contribution in [0.25, 0.3) is 0 Å². The number of halogens is 3. The van der Waals surface area contributed by atoms with E-state index in [2.05, 4.69) is 15.0 Å². The van der Waals surface area contributed by atoms with Crippen LogP contribution < -0.4 is 19.5 Å². The molecule has 2 aromatic rings. The largest absolute Gasteiger partial charge is 0.493 e.